The van der Waals surface area contributed by atoms with Gasteiger partial charge in [0.2, 0.25) is 0 Å². The summed E-state index contributed by atoms with van der Waals surface area (Å²) in [6.45, 7) is 8.93. The summed E-state index contributed by atoms with van der Waals surface area (Å²) in [7, 11) is -3.06. The molecule has 1 saturated heterocycles. The molecular formula is C18H32N6O2S. The molecule has 27 heavy (non-hydrogen) atoms. The lowest BCUT2D eigenvalue weighted by Crippen LogP contribution is -2.57. The number of aliphatic imine (C=N–C) groups is 1. The largest absolute Gasteiger partial charge is 0.357 e. The zero-order valence-corrected chi connectivity index (χ0v) is 17.6. The Balaban J connectivity index is 1.67. The van der Waals surface area contributed by atoms with E-state index in [1.54, 1.807) is 13.8 Å². The van der Waals surface area contributed by atoms with Gasteiger partial charge in [0.25, 0.3) is 0 Å². The van der Waals surface area contributed by atoms with Crippen molar-refractivity contribution in [2.24, 2.45) is 4.99 Å². The van der Waals surface area contributed by atoms with Gasteiger partial charge in [-0.15, -0.1) is 10.2 Å². The minimum atomic E-state index is -3.06. The first-order chi connectivity index (χ1) is 12.8. The second-order valence-corrected chi connectivity index (χ2v) is 10.7. The second-order valence-electron chi connectivity index (χ2n) is 7.98. The number of aromatic nitrogens is 3. The monoisotopic (exact) mass is 396 g/mol. The molecule has 3 rings (SSSR count). The number of hydrogen-bond acceptors (Lipinski definition) is 5. The fourth-order valence-electron chi connectivity index (χ4n) is 3.74. The van der Waals surface area contributed by atoms with Crippen LogP contribution in [0.25, 0.3) is 0 Å². The summed E-state index contributed by atoms with van der Waals surface area (Å²) in [4.78, 5) is 6.82. The highest BCUT2D eigenvalue weighted by molar-refractivity contribution is 7.92. The maximum absolute atomic E-state index is 12.3. The molecule has 8 nitrogen and oxygen atoms in total. The number of guanidine groups is 1. The van der Waals surface area contributed by atoms with Crippen molar-refractivity contribution in [3.63, 3.8) is 0 Å². The average molecular weight is 397 g/mol. The Kier molecular flexibility index (Phi) is 6.08. The maximum Gasteiger partial charge on any atom is 0.194 e. The molecule has 152 valence electrons. The highest BCUT2D eigenvalue weighted by atomic mass is 32.2. The Morgan fingerprint density at radius 1 is 1.22 bits per heavy atom. The minimum Gasteiger partial charge on any atom is -0.357 e. The van der Waals surface area contributed by atoms with Gasteiger partial charge in [0.05, 0.1) is 10.5 Å². The number of rotatable bonds is 4. The van der Waals surface area contributed by atoms with Crippen LogP contribution in [0.4, 0.5) is 0 Å². The third-order valence-electron chi connectivity index (χ3n) is 5.46. The Morgan fingerprint density at radius 3 is 2.78 bits per heavy atom. The van der Waals surface area contributed by atoms with Crippen molar-refractivity contribution in [2.45, 2.75) is 64.2 Å². The Morgan fingerprint density at radius 2 is 2.04 bits per heavy atom. The molecule has 0 unspecified atom stereocenters. The van der Waals surface area contributed by atoms with Gasteiger partial charge < -0.3 is 14.8 Å². The quantitative estimate of drug-likeness (QED) is 0.603. The Hall–Kier alpha value is -1.64. The molecule has 1 N–H and O–H groups in total. The second kappa shape index (κ2) is 8.16. The molecule has 0 aliphatic carbocycles. The molecule has 0 bridgehead atoms. The van der Waals surface area contributed by atoms with Crippen molar-refractivity contribution < 1.29 is 8.42 Å². The van der Waals surface area contributed by atoms with Gasteiger partial charge in [-0.1, -0.05) is 6.42 Å². The molecule has 1 fully saturated rings. The first-order valence-electron chi connectivity index (χ1n) is 10.0. The van der Waals surface area contributed by atoms with Crippen LogP contribution in [-0.2, 0) is 29.2 Å². The Bertz CT molecular complexity index is 784. The fourth-order valence-corrected chi connectivity index (χ4v) is 5.11. The van der Waals surface area contributed by atoms with Crippen molar-refractivity contribution >= 4 is 15.8 Å². The van der Waals surface area contributed by atoms with Crippen LogP contribution in [0.2, 0.25) is 0 Å². The Labute approximate surface area is 162 Å². The topological polar surface area (TPSA) is 92.5 Å². The zero-order chi connectivity index (χ0) is 19.5. The van der Waals surface area contributed by atoms with Gasteiger partial charge in [0.1, 0.15) is 11.6 Å². The number of nitrogens with zero attached hydrogens (tertiary/aromatic N) is 5. The van der Waals surface area contributed by atoms with E-state index in [1.165, 1.54) is 19.3 Å². The van der Waals surface area contributed by atoms with E-state index in [4.69, 9.17) is 4.99 Å². The van der Waals surface area contributed by atoms with E-state index in [2.05, 4.69) is 25.0 Å². The van der Waals surface area contributed by atoms with Gasteiger partial charge in [-0.25, -0.2) is 8.42 Å². The van der Waals surface area contributed by atoms with Crippen molar-refractivity contribution in [1.29, 1.82) is 0 Å². The number of sulfone groups is 1. The number of nitrogens with one attached hydrogen (secondary N) is 1. The molecule has 0 radical (unpaired) electrons. The van der Waals surface area contributed by atoms with Crippen molar-refractivity contribution in [3.8, 4) is 0 Å². The van der Waals surface area contributed by atoms with Crippen LogP contribution >= 0.6 is 0 Å². The fraction of sp³-hybridized carbons (Fsp3) is 0.833. The van der Waals surface area contributed by atoms with Crippen molar-refractivity contribution in [2.75, 3.05) is 31.9 Å². The number of aryl methyl sites for hydroxylation is 1. The predicted octanol–water partition coefficient (Wildman–Crippen LogP) is 1.02. The van der Waals surface area contributed by atoms with E-state index in [9.17, 15) is 8.42 Å². The van der Waals surface area contributed by atoms with Gasteiger partial charge in [-0.05, 0) is 33.6 Å². The summed E-state index contributed by atoms with van der Waals surface area (Å²) < 4.78 is 26.0. The van der Waals surface area contributed by atoms with Gasteiger partial charge in [0.15, 0.2) is 15.8 Å². The molecule has 3 heterocycles. The molecule has 0 amide bonds. The highest BCUT2D eigenvalue weighted by Crippen LogP contribution is 2.23. The van der Waals surface area contributed by atoms with Gasteiger partial charge >= 0.3 is 0 Å². The number of hydrogen-bond donors (Lipinski definition) is 1. The van der Waals surface area contributed by atoms with Crippen LogP contribution in [0.1, 0.15) is 51.7 Å². The summed E-state index contributed by atoms with van der Waals surface area (Å²) in [5.41, 5.74) is 0. The molecule has 9 heteroatoms. The van der Waals surface area contributed by atoms with E-state index >= 15 is 0 Å². The first kappa shape index (κ1) is 20.1. The molecule has 0 spiro atoms. The molecule has 0 saturated carbocycles. The predicted molar refractivity (Wildman–Crippen MR) is 107 cm³/mol. The van der Waals surface area contributed by atoms with Crippen molar-refractivity contribution in [3.05, 3.63) is 11.6 Å². The van der Waals surface area contributed by atoms with Gasteiger partial charge in [-0.2, -0.15) is 0 Å². The van der Waals surface area contributed by atoms with Crippen molar-refractivity contribution in [1.82, 2.24) is 25.0 Å². The van der Waals surface area contributed by atoms with Gasteiger partial charge in [-0.3, -0.25) is 4.99 Å². The summed E-state index contributed by atoms with van der Waals surface area (Å²) in [6.07, 6.45) is 5.38. The van der Waals surface area contributed by atoms with Crippen LogP contribution in [-0.4, -0.2) is 70.7 Å². The molecule has 0 atom stereocenters. The zero-order valence-electron chi connectivity index (χ0n) is 16.7. The SMILES string of the molecule is CCNC(=NCCc1nnc2n1CCCCC2)N1CCS(=O)(=O)C(C)(C)C1. The van der Waals surface area contributed by atoms with Crippen LogP contribution in [0.3, 0.4) is 0 Å². The van der Waals surface area contributed by atoms with E-state index in [0.717, 1.165) is 43.5 Å². The standard InChI is InChI=1S/C18H32N6O2S/c1-4-19-17(23-12-13-27(25,26)18(2,3)14-23)20-10-9-16-22-21-15-8-6-5-7-11-24(15)16/h4-14H2,1-3H3,(H,19,20). The average Bonchev–Trinajstić information content (AvgIpc) is 2.84. The lowest BCUT2D eigenvalue weighted by Gasteiger charge is -2.39. The first-order valence-corrected chi connectivity index (χ1v) is 11.7. The molecule has 2 aliphatic rings. The van der Waals surface area contributed by atoms with Crippen LogP contribution < -0.4 is 5.32 Å². The van der Waals surface area contributed by atoms with E-state index in [-0.39, 0.29) is 5.75 Å². The lowest BCUT2D eigenvalue weighted by atomic mass is 10.2. The molecular weight excluding hydrogens is 364 g/mol. The smallest absolute Gasteiger partial charge is 0.194 e. The highest BCUT2D eigenvalue weighted by Gasteiger charge is 2.40. The van der Waals surface area contributed by atoms with Crippen LogP contribution in [0, 0.1) is 0 Å². The third kappa shape index (κ3) is 4.44. The summed E-state index contributed by atoms with van der Waals surface area (Å²) in [5.74, 6) is 3.06. The molecule has 1 aromatic heterocycles. The minimum absolute atomic E-state index is 0.169. The maximum atomic E-state index is 12.3. The van der Waals surface area contributed by atoms with Crippen LogP contribution in [0.15, 0.2) is 4.99 Å². The van der Waals surface area contributed by atoms with Crippen LogP contribution in [0.5, 0.6) is 0 Å². The lowest BCUT2D eigenvalue weighted by molar-refractivity contribution is 0.353. The van der Waals surface area contributed by atoms with E-state index in [0.29, 0.717) is 19.6 Å². The normalized spacial score (nSPS) is 22.2. The molecule has 0 aromatic carbocycles. The van der Waals surface area contributed by atoms with Gasteiger partial charge in [0, 0.05) is 45.6 Å². The summed E-state index contributed by atoms with van der Waals surface area (Å²) in [5, 5.41) is 12.0. The number of fused-ring (bicyclic) bond motifs is 1. The molecule has 2 aliphatic heterocycles. The molecule has 1 aromatic rings. The van der Waals surface area contributed by atoms with E-state index < -0.39 is 14.6 Å². The summed E-state index contributed by atoms with van der Waals surface area (Å²) >= 11 is 0. The summed E-state index contributed by atoms with van der Waals surface area (Å²) in [6, 6.07) is 0. The van der Waals surface area contributed by atoms with E-state index in [1.807, 2.05) is 6.92 Å². The third-order valence-corrected chi connectivity index (χ3v) is 7.99.